The number of hydrogen-bond acceptors (Lipinski definition) is 7. The maximum absolute atomic E-state index is 15.8. The number of nitrogens with two attached hydrogens (primary N) is 1. The Morgan fingerprint density at radius 2 is 1.90 bits per heavy atom. The highest BCUT2D eigenvalue weighted by atomic mass is 19.1. The van der Waals surface area contributed by atoms with Gasteiger partial charge in [0.05, 0.1) is 22.6 Å². The molecule has 1 saturated heterocycles. The van der Waals surface area contributed by atoms with Crippen LogP contribution in [0.1, 0.15) is 84.2 Å². The minimum atomic E-state index is -1.46. The molecule has 0 aromatic heterocycles. The third kappa shape index (κ3) is 4.57. The van der Waals surface area contributed by atoms with Crippen molar-refractivity contribution < 1.29 is 23.6 Å². The lowest BCUT2D eigenvalue weighted by atomic mass is 9.86. The molecule has 2 aromatic carbocycles. The second kappa shape index (κ2) is 9.58. The Labute approximate surface area is 225 Å². The van der Waals surface area contributed by atoms with Gasteiger partial charge in [0.15, 0.2) is 0 Å². The van der Waals surface area contributed by atoms with Crippen molar-refractivity contribution in [3.8, 4) is 6.07 Å². The molecule has 1 aliphatic carbocycles. The van der Waals surface area contributed by atoms with Crippen LogP contribution >= 0.6 is 0 Å². The normalized spacial score (nSPS) is 22.0. The summed E-state index contributed by atoms with van der Waals surface area (Å²) in [4.78, 5) is 51.3. The highest BCUT2D eigenvalue weighted by Gasteiger charge is 2.47. The molecular formula is C29H30FN5O4. The van der Waals surface area contributed by atoms with Crippen LogP contribution < -0.4 is 16.4 Å². The van der Waals surface area contributed by atoms with Crippen LogP contribution in [0.2, 0.25) is 0 Å². The predicted octanol–water partition coefficient (Wildman–Crippen LogP) is 3.44. The van der Waals surface area contributed by atoms with Gasteiger partial charge in [-0.25, -0.2) is 4.39 Å². The van der Waals surface area contributed by atoms with Crippen molar-refractivity contribution in [1.82, 2.24) is 10.2 Å². The molecule has 9 nitrogen and oxygen atoms in total. The monoisotopic (exact) mass is 531 g/mol. The molecule has 2 heterocycles. The van der Waals surface area contributed by atoms with Crippen molar-refractivity contribution in [2.45, 2.75) is 69.5 Å². The third-order valence-corrected chi connectivity index (χ3v) is 8.12. The van der Waals surface area contributed by atoms with Crippen LogP contribution in [0, 0.1) is 23.1 Å². The van der Waals surface area contributed by atoms with Crippen molar-refractivity contribution in [2.24, 2.45) is 11.7 Å². The Balaban J connectivity index is 1.52. The molecule has 2 aromatic rings. The number of halogens is 1. The van der Waals surface area contributed by atoms with E-state index in [1.807, 2.05) is 32.0 Å². The van der Waals surface area contributed by atoms with Gasteiger partial charge in [-0.3, -0.25) is 29.4 Å². The molecule has 0 radical (unpaired) electrons. The SMILES string of the molecule is CCC(C)CC(N)(Nc1cccc(C2(C#N)CC2)c1)c1cc2c(cc1F)C(=O)N(C1CCC(=O)NC1=O)C2=O. The Morgan fingerprint density at radius 1 is 1.21 bits per heavy atom. The standard InChI is InChI=1S/C29H30FN5O4/c1-3-16(2)14-29(32,34-18-6-4-5-17(11-18)28(15-31)9-10-28)21-12-19-20(13-22(21)30)27(39)35(26(19)38)23-7-8-24(36)33-25(23)37/h4-6,11-13,16,23,34H,3,7-10,14,32H2,1-2H3,(H,33,36,37). The quantitative estimate of drug-likeness (QED) is 0.349. The number of hydrogen-bond donors (Lipinski definition) is 3. The number of carbonyl (C=O) groups excluding carboxylic acids is 4. The molecular weight excluding hydrogens is 501 g/mol. The van der Waals surface area contributed by atoms with Crippen molar-refractivity contribution in [1.29, 1.82) is 5.26 Å². The summed E-state index contributed by atoms with van der Waals surface area (Å²) >= 11 is 0. The second-order valence-corrected chi connectivity index (χ2v) is 10.9. The van der Waals surface area contributed by atoms with Gasteiger partial charge in [-0.15, -0.1) is 0 Å². The van der Waals surface area contributed by atoms with Gasteiger partial charge in [0.1, 0.15) is 17.5 Å². The lowest BCUT2D eigenvalue weighted by molar-refractivity contribution is -0.136. The molecule has 2 aliphatic heterocycles. The summed E-state index contributed by atoms with van der Waals surface area (Å²) in [6, 6.07) is 10.9. The zero-order chi connectivity index (χ0) is 28.1. The number of anilines is 1. The Kier molecular flexibility index (Phi) is 6.51. The van der Waals surface area contributed by atoms with E-state index in [0.717, 1.165) is 35.8 Å². The van der Waals surface area contributed by atoms with Gasteiger partial charge >= 0.3 is 0 Å². The first-order valence-corrected chi connectivity index (χ1v) is 13.2. The molecule has 2 fully saturated rings. The summed E-state index contributed by atoms with van der Waals surface area (Å²) in [5, 5.41) is 15.0. The first kappa shape index (κ1) is 26.5. The van der Waals surface area contributed by atoms with Crippen LogP contribution in [-0.4, -0.2) is 34.6 Å². The lowest BCUT2D eigenvalue weighted by Gasteiger charge is -2.35. The van der Waals surface area contributed by atoms with E-state index < -0.39 is 46.6 Å². The predicted molar refractivity (Wildman–Crippen MR) is 140 cm³/mol. The lowest BCUT2D eigenvalue weighted by Crippen LogP contribution is -2.54. The number of imide groups is 2. The molecule has 4 amide bonds. The van der Waals surface area contributed by atoms with Crippen LogP contribution in [0.15, 0.2) is 36.4 Å². The van der Waals surface area contributed by atoms with Gasteiger partial charge in [-0.2, -0.15) is 5.26 Å². The molecule has 10 heteroatoms. The summed E-state index contributed by atoms with van der Waals surface area (Å²) in [5.74, 6) is -3.42. The van der Waals surface area contributed by atoms with Crippen molar-refractivity contribution >= 4 is 29.3 Å². The fraction of sp³-hybridized carbons (Fsp3) is 0.414. The first-order valence-electron chi connectivity index (χ1n) is 13.2. The van der Waals surface area contributed by atoms with E-state index in [1.54, 1.807) is 6.07 Å². The van der Waals surface area contributed by atoms with Gasteiger partial charge in [-0.05, 0) is 61.4 Å². The van der Waals surface area contributed by atoms with Gasteiger partial charge in [0.2, 0.25) is 11.8 Å². The summed E-state index contributed by atoms with van der Waals surface area (Å²) < 4.78 is 15.8. The number of carbonyl (C=O) groups is 4. The molecule has 0 spiro atoms. The molecule has 202 valence electrons. The van der Waals surface area contributed by atoms with E-state index in [-0.39, 0.29) is 35.4 Å². The molecule has 39 heavy (non-hydrogen) atoms. The van der Waals surface area contributed by atoms with E-state index >= 15 is 4.39 Å². The number of piperidine rings is 1. The summed E-state index contributed by atoms with van der Waals surface area (Å²) in [6.45, 7) is 3.98. The Hall–Kier alpha value is -4.10. The maximum atomic E-state index is 15.8. The number of benzene rings is 2. The fourth-order valence-electron chi connectivity index (χ4n) is 5.50. The van der Waals surface area contributed by atoms with Crippen molar-refractivity contribution in [2.75, 3.05) is 5.32 Å². The van der Waals surface area contributed by atoms with Gasteiger partial charge in [0, 0.05) is 17.7 Å². The maximum Gasteiger partial charge on any atom is 0.262 e. The smallest absolute Gasteiger partial charge is 0.262 e. The van der Waals surface area contributed by atoms with Crippen LogP contribution in [0.3, 0.4) is 0 Å². The topological polar surface area (TPSA) is 145 Å². The first-order chi connectivity index (χ1) is 18.5. The molecule has 3 atom stereocenters. The zero-order valence-corrected chi connectivity index (χ0v) is 21.8. The average Bonchev–Trinajstić information content (AvgIpc) is 3.67. The second-order valence-electron chi connectivity index (χ2n) is 10.9. The summed E-state index contributed by atoms with van der Waals surface area (Å²) in [7, 11) is 0. The van der Waals surface area contributed by atoms with Gasteiger partial charge < -0.3 is 11.1 Å². The fourth-order valence-corrected chi connectivity index (χ4v) is 5.50. The molecule has 1 saturated carbocycles. The van der Waals surface area contributed by atoms with E-state index in [2.05, 4.69) is 16.7 Å². The number of rotatable bonds is 8. The minimum absolute atomic E-state index is 0.00238. The van der Waals surface area contributed by atoms with Crippen LogP contribution in [-0.2, 0) is 20.7 Å². The third-order valence-electron chi connectivity index (χ3n) is 8.12. The van der Waals surface area contributed by atoms with Crippen LogP contribution in [0.4, 0.5) is 10.1 Å². The van der Waals surface area contributed by atoms with E-state index in [4.69, 9.17) is 5.73 Å². The molecule has 3 unspecified atom stereocenters. The largest absolute Gasteiger partial charge is 0.364 e. The Morgan fingerprint density at radius 3 is 2.51 bits per heavy atom. The van der Waals surface area contributed by atoms with Crippen molar-refractivity contribution in [3.63, 3.8) is 0 Å². The van der Waals surface area contributed by atoms with E-state index in [9.17, 15) is 24.4 Å². The van der Waals surface area contributed by atoms with Gasteiger partial charge in [-0.1, -0.05) is 32.4 Å². The minimum Gasteiger partial charge on any atom is -0.364 e. The van der Waals surface area contributed by atoms with Crippen LogP contribution in [0.25, 0.3) is 0 Å². The highest BCUT2D eigenvalue weighted by Crippen LogP contribution is 2.48. The zero-order valence-electron chi connectivity index (χ0n) is 21.8. The molecule has 5 rings (SSSR count). The number of nitrogens with zero attached hydrogens (tertiary/aromatic N) is 2. The highest BCUT2D eigenvalue weighted by molar-refractivity contribution is 6.23. The molecule has 0 bridgehead atoms. The summed E-state index contributed by atoms with van der Waals surface area (Å²) in [6.07, 6.45) is 2.61. The Bertz CT molecular complexity index is 1450. The van der Waals surface area contributed by atoms with E-state index in [1.165, 1.54) is 6.07 Å². The van der Waals surface area contributed by atoms with E-state index in [0.29, 0.717) is 12.1 Å². The van der Waals surface area contributed by atoms with Crippen molar-refractivity contribution in [3.05, 3.63) is 64.5 Å². The van der Waals surface area contributed by atoms with Crippen LogP contribution in [0.5, 0.6) is 0 Å². The molecule has 3 aliphatic rings. The number of fused-ring (bicyclic) bond motifs is 1. The number of amides is 4. The number of nitriles is 1. The molecule has 4 N–H and O–H groups in total. The van der Waals surface area contributed by atoms with Gasteiger partial charge in [0.25, 0.3) is 11.8 Å². The average molecular weight is 532 g/mol. The number of nitrogens with one attached hydrogen (secondary N) is 2. The summed E-state index contributed by atoms with van der Waals surface area (Å²) in [5.41, 5.74) is 6.20.